The summed E-state index contributed by atoms with van der Waals surface area (Å²) in [6.07, 6.45) is 0. The van der Waals surface area contributed by atoms with Crippen LogP contribution in [0.15, 0.2) is 39.6 Å². The smallest absolute Gasteiger partial charge is 0.265 e. The highest BCUT2D eigenvalue weighted by molar-refractivity contribution is 9.10. The molecule has 0 amide bonds. The van der Waals surface area contributed by atoms with E-state index in [0.29, 0.717) is 4.47 Å². The Morgan fingerprint density at radius 1 is 1.25 bits per heavy atom. The molecule has 2 aromatic rings. The molecule has 0 spiro atoms. The lowest BCUT2D eigenvalue weighted by Crippen LogP contribution is -2.18. The third-order valence-corrected chi connectivity index (χ3v) is 6.55. The molecule has 1 atom stereocenters. The van der Waals surface area contributed by atoms with Crippen LogP contribution in [0.4, 0.5) is 0 Å². The minimum Gasteiger partial charge on any atom is -0.309 e. The summed E-state index contributed by atoms with van der Waals surface area (Å²) < 4.78 is 0.501. The van der Waals surface area contributed by atoms with E-state index in [9.17, 15) is 4.79 Å². The van der Waals surface area contributed by atoms with Crippen LogP contribution in [0, 0.1) is 0 Å². The zero-order chi connectivity index (χ0) is 13.9. The first-order valence-corrected chi connectivity index (χ1v) is 9.30. The van der Waals surface area contributed by atoms with E-state index in [2.05, 4.69) is 20.9 Å². The van der Waals surface area contributed by atoms with Gasteiger partial charge in [0.2, 0.25) is 0 Å². The van der Waals surface area contributed by atoms with Gasteiger partial charge in [0.1, 0.15) is 10.3 Å². The van der Waals surface area contributed by atoms with Crippen molar-refractivity contribution in [3.8, 4) is 11.3 Å². The molecule has 1 aliphatic heterocycles. The molecule has 0 radical (unpaired) electrons. The fourth-order valence-electron chi connectivity index (χ4n) is 2.06. The molecule has 3 nitrogen and oxygen atoms in total. The average molecular weight is 369 g/mol. The number of aromatic amines is 1. The SMILES string of the molecule is O=c1[nH]c(C2CSCCS2)nc(-c2ccccc2)c1Br. The van der Waals surface area contributed by atoms with Crippen LogP contribution in [-0.4, -0.2) is 27.2 Å². The quantitative estimate of drug-likeness (QED) is 0.877. The number of aromatic nitrogens is 2. The molecule has 1 aromatic heterocycles. The molecular formula is C14H13BrN2OS2. The van der Waals surface area contributed by atoms with E-state index < -0.39 is 0 Å². The molecule has 0 saturated carbocycles. The largest absolute Gasteiger partial charge is 0.309 e. The molecule has 3 rings (SSSR count). The summed E-state index contributed by atoms with van der Waals surface area (Å²) in [5.74, 6) is 4.07. The number of halogens is 1. The molecule has 20 heavy (non-hydrogen) atoms. The maximum Gasteiger partial charge on any atom is 0.265 e. The summed E-state index contributed by atoms with van der Waals surface area (Å²) in [6.45, 7) is 0. The molecule has 2 heterocycles. The lowest BCUT2D eigenvalue weighted by atomic mass is 10.1. The fourth-order valence-corrected chi connectivity index (χ4v) is 5.10. The lowest BCUT2D eigenvalue weighted by Gasteiger charge is -2.20. The number of nitrogens with zero attached hydrogens (tertiary/aromatic N) is 1. The number of benzene rings is 1. The summed E-state index contributed by atoms with van der Waals surface area (Å²) >= 11 is 7.14. The number of thioether (sulfide) groups is 2. The number of rotatable bonds is 2. The van der Waals surface area contributed by atoms with Gasteiger partial charge >= 0.3 is 0 Å². The summed E-state index contributed by atoms with van der Waals surface area (Å²) in [7, 11) is 0. The van der Waals surface area contributed by atoms with E-state index in [4.69, 9.17) is 4.98 Å². The Balaban J connectivity index is 2.06. The molecule has 0 aliphatic carbocycles. The van der Waals surface area contributed by atoms with Crippen molar-refractivity contribution >= 4 is 39.5 Å². The highest BCUT2D eigenvalue weighted by Crippen LogP contribution is 2.35. The number of H-pyrrole nitrogens is 1. The normalized spacial score (nSPS) is 18.9. The van der Waals surface area contributed by atoms with Gasteiger partial charge in [-0.05, 0) is 15.9 Å². The highest BCUT2D eigenvalue weighted by Gasteiger charge is 2.21. The van der Waals surface area contributed by atoms with Crippen molar-refractivity contribution in [1.82, 2.24) is 9.97 Å². The van der Waals surface area contributed by atoms with Crippen molar-refractivity contribution in [1.29, 1.82) is 0 Å². The fraction of sp³-hybridized carbons (Fsp3) is 0.286. The van der Waals surface area contributed by atoms with Crippen LogP contribution in [-0.2, 0) is 0 Å². The van der Waals surface area contributed by atoms with Crippen molar-refractivity contribution < 1.29 is 0 Å². The van der Waals surface area contributed by atoms with E-state index in [0.717, 1.165) is 28.6 Å². The van der Waals surface area contributed by atoms with Gasteiger partial charge < -0.3 is 4.98 Å². The second-order valence-electron chi connectivity index (χ2n) is 4.41. The van der Waals surface area contributed by atoms with Gasteiger partial charge in [0.05, 0.1) is 10.9 Å². The van der Waals surface area contributed by atoms with Crippen LogP contribution < -0.4 is 5.56 Å². The average Bonchev–Trinajstić information content (AvgIpc) is 2.51. The molecule has 1 aliphatic rings. The standard InChI is InChI=1S/C14H13BrN2OS2/c15-11-12(9-4-2-1-3-5-9)16-13(17-14(11)18)10-8-19-6-7-20-10/h1-5,10H,6-8H2,(H,16,17,18). The van der Waals surface area contributed by atoms with Crippen LogP contribution in [0.3, 0.4) is 0 Å². The van der Waals surface area contributed by atoms with Crippen LogP contribution in [0.1, 0.15) is 11.1 Å². The molecule has 6 heteroatoms. The highest BCUT2D eigenvalue weighted by atomic mass is 79.9. The molecule has 0 bridgehead atoms. The molecule has 1 unspecified atom stereocenters. The maximum atomic E-state index is 12.1. The number of nitrogens with one attached hydrogen (secondary N) is 1. The first-order valence-electron chi connectivity index (χ1n) is 6.30. The van der Waals surface area contributed by atoms with Crippen LogP contribution >= 0.6 is 39.5 Å². The van der Waals surface area contributed by atoms with Gasteiger partial charge in [-0.15, -0.1) is 11.8 Å². The van der Waals surface area contributed by atoms with Crippen LogP contribution in [0.25, 0.3) is 11.3 Å². The maximum absolute atomic E-state index is 12.1. The molecule has 1 fully saturated rings. The second-order valence-corrected chi connectivity index (χ2v) is 7.67. The summed E-state index contributed by atoms with van der Waals surface area (Å²) in [5, 5.41) is 0.275. The van der Waals surface area contributed by atoms with E-state index >= 15 is 0 Å². The topological polar surface area (TPSA) is 45.8 Å². The van der Waals surface area contributed by atoms with Gasteiger partial charge in [0, 0.05) is 22.8 Å². The Morgan fingerprint density at radius 2 is 2.05 bits per heavy atom. The zero-order valence-corrected chi connectivity index (χ0v) is 13.9. The molecule has 1 N–H and O–H groups in total. The number of hydrogen-bond acceptors (Lipinski definition) is 4. The van der Waals surface area contributed by atoms with E-state index in [-0.39, 0.29) is 10.8 Å². The molecular weight excluding hydrogens is 356 g/mol. The number of hydrogen-bond donors (Lipinski definition) is 1. The van der Waals surface area contributed by atoms with Gasteiger partial charge in [-0.1, -0.05) is 30.3 Å². The van der Waals surface area contributed by atoms with Crippen LogP contribution in [0.5, 0.6) is 0 Å². The van der Waals surface area contributed by atoms with Crippen molar-refractivity contribution in [3.05, 3.63) is 51.0 Å². The first kappa shape index (κ1) is 14.2. The van der Waals surface area contributed by atoms with Crippen molar-refractivity contribution in [2.45, 2.75) is 5.25 Å². The lowest BCUT2D eigenvalue weighted by molar-refractivity contribution is 0.904. The summed E-state index contributed by atoms with van der Waals surface area (Å²) in [5.41, 5.74) is 1.57. The van der Waals surface area contributed by atoms with E-state index in [1.807, 2.05) is 53.9 Å². The van der Waals surface area contributed by atoms with Gasteiger partial charge in [-0.25, -0.2) is 4.98 Å². The second kappa shape index (κ2) is 6.37. The van der Waals surface area contributed by atoms with Crippen molar-refractivity contribution in [2.24, 2.45) is 0 Å². The Morgan fingerprint density at radius 3 is 2.75 bits per heavy atom. The van der Waals surface area contributed by atoms with Gasteiger partial charge in [-0.2, -0.15) is 11.8 Å². The van der Waals surface area contributed by atoms with Crippen molar-refractivity contribution in [2.75, 3.05) is 17.3 Å². The zero-order valence-electron chi connectivity index (χ0n) is 10.6. The minimum atomic E-state index is -0.106. The summed E-state index contributed by atoms with van der Waals surface area (Å²) in [4.78, 5) is 19.7. The summed E-state index contributed by atoms with van der Waals surface area (Å²) in [6, 6.07) is 9.81. The van der Waals surface area contributed by atoms with Crippen LogP contribution in [0.2, 0.25) is 0 Å². The third kappa shape index (κ3) is 2.97. The van der Waals surface area contributed by atoms with Crippen molar-refractivity contribution in [3.63, 3.8) is 0 Å². The molecule has 1 aromatic carbocycles. The molecule has 1 saturated heterocycles. The first-order chi connectivity index (χ1) is 9.75. The minimum absolute atomic E-state index is 0.106. The van der Waals surface area contributed by atoms with Gasteiger partial charge in [0.15, 0.2) is 0 Å². The monoisotopic (exact) mass is 368 g/mol. The van der Waals surface area contributed by atoms with E-state index in [1.165, 1.54) is 5.75 Å². The third-order valence-electron chi connectivity index (χ3n) is 3.05. The Bertz CT molecular complexity index is 654. The van der Waals surface area contributed by atoms with E-state index in [1.54, 1.807) is 0 Å². The Labute approximate surface area is 134 Å². The Hall–Kier alpha value is -0.720. The Kier molecular flexibility index (Phi) is 4.53. The predicted octanol–water partition coefficient (Wildman–Crippen LogP) is 3.72. The predicted molar refractivity (Wildman–Crippen MR) is 90.5 cm³/mol. The molecule has 104 valence electrons. The van der Waals surface area contributed by atoms with Gasteiger partial charge in [-0.3, -0.25) is 4.79 Å². The van der Waals surface area contributed by atoms with Gasteiger partial charge in [0.25, 0.3) is 5.56 Å².